The SMILES string of the molecule is Nc1nc(C(=Cc2c(Cl)cccc2Cl)C(=O)O)cs1. The van der Waals surface area contributed by atoms with Crippen LogP contribution >= 0.6 is 34.5 Å². The molecule has 1 aromatic carbocycles. The lowest BCUT2D eigenvalue weighted by atomic mass is 10.1. The second-order valence-corrected chi connectivity index (χ2v) is 5.27. The van der Waals surface area contributed by atoms with Crippen LogP contribution in [-0.2, 0) is 4.79 Å². The smallest absolute Gasteiger partial charge is 0.337 e. The average molecular weight is 315 g/mol. The van der Waals surface area contributed by atoms with Crippen LogP contribution in [0.5, 0.6) is 0 Å². The number of aliphatic carboxylic acids is 1. The molecule has 19 heavy (non-hydrogen) atoms. The number of carboxylic acids is 1. The summed E-state index contributed by atoms with van der Waals surface area (Å²) in [5.74, 6) is -1.12. The van der Waals surface area contributed by atoms with Crippen molar-refractivity contribution in [3.63, 3.8) is 0 Å². The van der Waals surface area contributed by atoms with E-state index in [4.69, 9.17) is 28.9 Å². The normalized spacial score (nSPS) is 11.6. The number of rotatable bonds is 3. The first-order chi connectivity index (χ1) is 8.99. The number of anilines is 1. The predicted octanol–water partition coefficient (Wildman–Crippen LogP) is 3.66. The van der Waals surface area contributed by atoms with Gasteiger partial charge in [-0.3, -0.25) is 0 Å². The second kappa shape index (κ2) is 5.61. The highest BCUT2D eigenvalue weighted by Crippen LogP contribution is 2.29. The van der Waals surface area contributed by atoms with Crippen molar-refractivity contribution in [3.05, 3.63) is 44.9 Å². The van der Waals surface area contributed by atoms with Gasteiger partial charge in [0.2, 0.25) is 0 Å². The maximum Gasteiger partial charge on any atom is 0.337 e. The Morgan fingerprint density at radius 3 is 2.47 bits per heavy atom. The molecule has 2 aromatic rings. The minimum absolute atomic E-state index is 0.0112. The number of hydrogen-bond acceptors (Lipinski definition) is 4. The fourth-order valence-corrected chi connectivity index (χ4v) is 2.52. The molecule has 0 unspecified atom stereocenters. The minimum atomic E-state index is -1.12. The van der Waals surface area contributed by atoms with E-state index in [1.165, 1.54) is 17.4 Å². The van der Waals surface area contributed by atoms with Crippen LogP contribution in [0, 0.1) is 0 Å². The molecule has 0 aliphatic rings. The van der Waals surface area contributed by atoms with Gasteiger partial charge >= 0.3 is 5.97 Å². The first-order valence-electron chi connectivity index (χ1n) is 5.09. The molecule has 0 saturated carbocycles. The van der Waals surface area contributed by atoms with Crippen molar-refractivity contribution in [2.75, 3.05) is 5.73 Å². The number of carboxylic acid groups (broad SMARTS) is 1. The van der Waals surface area contributed by atoms with Crippen molar-refractivity contribution < 1.29 is 9.90 Å². The average Bonchev–Trinajstić information content (AvgIpc) is 2.74. The van der Waals surface area contributed by atoms with E-state index in [2.05, 4.69) is 4.98 Å². The number of thiazole rings is 1. The number of aromatic nitrogens is 1. The molecule has 98 valence electrons. The summed E-state index contributed by atoms with van der Waals surface area (Å²) in [7, 11) is 0. The standard InChI is InChI=1S/C12H8Cl2N2O2S/c13-8-2-1-3-9(14)6(8)4-7(11(17)18)10-5-19-12(15)16-10/h1-5H,(H2,15,16)(H,17,18). The van der Waals surface area contributed by atoms with Crippen molar-refractivity contribution in [1.82, 2.24) is 4.98 Å². The molecule has 0 saturated heterocycles. The molecule has 1 heterocycles. The Hall–Kier alpha value is -1.56. The van der Waals surface area contributed by atoms with Crippen LogP contribution in [0.1, 0.15) is 11.3 Å². The van der Waals surface area contributed by atoms with Gasteiger partial charge in [-0.05, 0) is 18.2 Å². The van der Waals surface area contributed by atoms with E-state index in [9.17, 15) is 9.90 Å². The first kappa shape index (κ1) is 13.9. The molecule has 0 aliphatic heterocycles. The van der Waals surface area contributed by atoms with Gasteiger partial charge in [0.15, 0.2) is 5.13 Å². The molecule has 0 bridgehead atoms. The van der Waals surface area contributed by atoms with Crippen LogP contribution in [-0.4, -0.2) is 16.1 Å². The lowest BCUT2D eigenvalue weighted by Crippen LogP contribution is -2.00. The summed E-state index contributed by atoms with van der Waals surface area (Å²) in [5, 5.41) is 11.9. The van der Waals surface area contributed by atoms with Crippen molar-refractivity contribution in [1.29, 1.82) is 0 Å². The van der Waals surface area contributed by atoms with Crippen molar-refractivity contribution in [3.8, 4) is 0 Å². The summed E-state index contributed by atoms with van der Waals surface area (Å²) in [6.07, 6.45) is 1.39. The van der Waals surface area contributed by atoms with E-state index in [-0.39, 0.29) is 11.3 Å². The number of nitrogen functional groups attached to an aromatic ring is 1. The fraction of sp³-hybridized carbons (Fsp3) is 0. The molecule has 0 amide bonds. The topological polar surface area (TPSA) is 76.2 Å². The van der Waals surface area contributed by atoms with Gasteiger partial charge in [0.25, 0.3) is 0 Å². The van der Waals surface area contributed by atoms with E-state index in [1.807, 2.05) is 0 Å². The number of benzene rings is 1. The zero-order valence-electron chi connectivity index (χ0n) is 9.43. The monoisotopic (exact) mass is 314 g/mol. The number of hydrogen-bond donors (Lipinski definition) is 2. The number of carbonyl (C=O) groups is 1. The second-order valence-electron chi connectivity index (χ2n) is 3.57. The fourth-order valence-electron chi connectivity index (χ4n) is 1.45. The maximum absolute atomic E-state index is 11.3. The maximum atomic E-state index is 11.3. The highest BCUT2D eigenvalue weighted by molar-refractivity contribution is 7.13. The van der Waals surface area contributed by atoms with Crippen LogP contribution in [0.3, 0.4) is 0 Å². The number of nitrogens with zero attached hydrogens (tertiary/aromatic N) is 1. The van der Waals surface area contributed by atoms with Crippen molar-refractivity contribution in [2.24, 2.45) is 0 Å². The highest BCUT2D eigenvalue weighted by Gasteiger charge is 2.15. The first-order valence-corrected chi connectivity index (χ1v) is 6.73. The van der Waals surface area contributed by atoms with Crippen molar-refractivity contribution in [2.45, 2.75) is 0 Å². The Labute approximate surface area is 123 Å². The van der Waals surface area contributed by atoms with Crippen LogP contribution in [0.15, 0.2) is 23.6 Å². The highest BCUT2D eigenvalue weighted by atomic mass is 35.5. The summed E-state index contributed by atoms with van der Waals surface area (Å²) >= 11 is 13.2. The Kier molecular flexibility index (Phi) is 4.09. The van der Waals surface area contributed by atoms with Gasteiger partial charge in [0.05, 0.1) is 11.3 Å². The summed E-state index contributed by atoms with van der Waals surface area (Å²) < 4.78 is 0. The van der Waals surface area contributed by atoms with Crippen LogP contribution in [0.2, 0.25) is 10.0 Å². The molecule has 2 rings (SSSR count). The summed E-state index contributed by atoms with van der Waals surface area (Å²) in [5.41, 5.74) is 6.22. The van der Waals surface area contributed by atoms with Crippen LogP contribution in [0.25, 0.3) is 11.6 Å². The van der Waals surface area contributed by atoms with E-state index >= 15 is 0 Å². The van der Waals surface area contributed by atoms with E-state index in [0.717, 1.165) is 0 Å². The Bertz CT molecular complexity index is 647. The molecule has 1 aromatic heterocycles. The van der Waals surface area contributed by atoms with E-state index in [1.54, 1.807) is 23.6 Å². The van der Waals surface area contributed by atoms with Gasteiger partial charge in [-0.15, -0.1) is 11.3 Å². The van der Waals surface area contributed by atoms with Crippen LogP contribution in [0.4, 0.5) is 5.13 Å². The Morgan fingerprint density at radius 2 is 2.00 bits per heavy atom. The predicted molar refractivity (Wildman–Crippen MR) is 78.5 cm³/mol. The Morgan fingerprint density at radius 1 is 1.37 bits per heavy atom. The summed E-state index contributed by atoms with van der Waals surface area (Å²) in [4.78, 5) is 15.3. The molecular weight excluding hydrogens is 307 g/mol. The van der Waals surface area contributed by atoms with Crippen LogP contribution < -0.4 is 5.73 Å². The third kappa shape index (κ3) is 3.07. The van der Waals surface area contributed by atoms with Crippen molar-refractivity contribution >= 4 is 57.3 Å². The van der Waals surface area contributed by atoms with E-state index < -0.39 is 5.97 Å². The third-order valence-corrected chi connectivity index (χ3v) is 3.65. The molecule has 0 fully saturated rings. The molecular formula is C12H8Cl2N2O2S. The summed E-state index contributed by atoms with van der Waals surface area (Å²) in [6, 6.07) is 4.95. The van der Waals surface area contributed by atoms with Gasteiger partial charge in [-0.25, -0.2) is 9.78 Å². The van der Waals surface area contributed by atoms with Gasteiger partial charge in [-0.1, -0.05) is 29.3 Å². The number of nitrogens with two attached hydrogens (primary N) is 1. The lowest BCUT2D eigenvalue weighted by Gasteiger charge is -2.03. The van der Waals surface area contributed by atoms with E-state index in [0.29, 0.717) is 20.7 Å². The van der Waals surface area contributed by atoms with Gasteiger partial charge < -0.3 is 10.8 Å². The van der Waals surface area contributed by atoms with Gasteiger partial charge in [-0.2, -0.15) is 0 Å². The zero-order valence-corrected chi connectivity index (χ0v) is 11.8. The molecule has 0 atom stereocenters. The lowest BCUT2D eigenvalue weighted by molar-refractivity contribution is -0.130. The molecule has 0 radical (unpaired) electrons. The molecule has 0 spiro atoms. The molecule has 0 aliphatic carbocycles. The van der Waals surface area contributed by atoms with Gasteiger partial charge in [0, 0.05) is 21.0 Å². The zero-order chi connectivity index (χ0) is 14.0. The van der Waals surface area contributed by atoms with Gasteiger partial charge in [0.1, 0.15) is 0 Å². The quantitative estimate of drug-likeness (QED) is 0.848. The number of halogens is 2. The third-order valence-electron chi connectivity index (χ3n) is 2.32. The molecule has 3 N–H and O–H groups in total. The Balaban J connectivity index is 2.57. The molecule has 4 nitrogen and oxygen atoms in total. The summed E-state index contributed by atoms with van der Waals surface area (Å²) in [6.45, 7) is 0. The minimum Gasteiger partial charge on any atom is -0.478 e. The molecule has 7 heteroatoms. The largest absolute Gasteiger partial charge is 0.478 e.